The van der Waals surface area contributed by atoms with Gasteiger partial charge in [0.25, 0.3) is 6.23 Å². The fourth-order valence-electron chi connectivity index (χ4n) is 10.9. The van der Waals surface area contributed by atoms with Crippen LogP contribution < -0.4 is 20.1 Å². The van der Waals surface area contributed by atoms with Crippen LogP contribution in [-0.4, -0.2) is 58.5 Å². The van der Waals surface area contributed by atoms with Gasteiger partial charge < -0.3 is 30.5 Å². The van der Waals surface area contributed by atoms with Crippen LogP contribution in [0.3, 0.4) is 0 Å². The second-order valence-corrected chi connectivity index (χ2v) is 18.4. The highest BCUT2D eigenvalue weighted by atomic mass is 16.5. The van der Waals surface area contributed by atoms with Crippen LogP contribution in [0.25, 0.3) is 0 Å². The average molecular weight is 824 g/mol. The van der Waals surface area contributed by atoms with Gasteiger partial charge in [0.05, 0.1) is 17.6 Å². The number of unbranched alkanes of at least 4 members (excludes halogenated alkanes) is 2. The molecule has 0 amide bonds. The van der Waals surface area contributed by atoms with Crippen molar-refractivity contribution in [1.29, 1.82) is 0 Å². The molecule has 2 aromatic carbocycles. The van der Waals surface area contributed by atoms with Gasteiger partial charge in [0.2, 0.25) is 0 Å². The predicted molar refractivity (Wildman–Crippen MR) is 234 cm³/mol. The number of aliphatic imine (C=N–C) groups is 2. The van der Waals surface area contributed by atoms with E-state index in [0.29, 0.717) is 50.1 Å². The van der Waals surface area contributed by atoms with Gasteiger partial charge in [-0.25, -0.2) is 0 Å². The molecule has 0 radical (unpaired) electrons. The minimum atomic E-state index is -1.05. The Labute approximate surface area is 359 Å². The molecule has 1 saturated carbocycles. The monoisotopic (exact) mass is 823 g/mol. The first kappa shape index (κ1) is 41.5. The Morgan fingerprint density at radius 1 is 1.07 bits per heavy atom. The second kappa shape index (κ2) is 17.5. The number of hydrogen-bond donors (Lipinski definition) is 5. The van der Waals surface area contributed by atoms with E-state index in [1.165, 1.54) is 0 Å². The topological polar surface area (TPSA) is 151 Å². The van der Waals surface area contributed by atoms with E-state index in [4.69, 9.17) is 20.2 Å². The maximum absolute atomic E-state index is 14.0. The summed E-state index contributed by atoms with van der Waals surface area (Å²) in [5, 5.41) is 34.5. The number of Topliss-reactive ketones (excluding diaryl/α,β-unsaturated/α-hetero) is 1. The molecule has 2 aromatic rings. The molecule has 10 nitrogen and oxygen atoms in total. The fraction of sp³-hybridized carbons (Fsp3) is 0.510. The molecule has 10 atom stereocenters. The number of aliphatic hydroxyl groups excluding tert-OH is 3. The van der Waals surface area contributed by atoms with Crippen LogP contribution in [-0.2, 0) is 24.1 Å². The Morgan fingerprint density at radius 3 is 2.72 bits per heavy atom. The molecular formula is C51H59N4O6+. The van der Waals surface area contributed by atoms with Gasteiger partial charge in [0, 0.05) is 49.1 Å². The first-order valence-corrected chi connectivity index (χ1v) is 22.6. The summed E-state index contributed by atoms with van der Waals surface area (Å²) in [6.07, 6.45) is 19.0. The molecule has 6 N–H and O–H groups in total. The molecule has 9 rings (SSSR count). The highest BCUT2D eigenvalue weighted by molar-refractivity contribution is 5.87. The van der Waals surface area contributed by atoms with Gasteiger partial charge in [-0.15, -0.1) is 0 Å². The number of aliphatic hydroxyl groups is 3. The summed E-state index contributed by atoms with van der Waals surface area (Å²) in [5.74, 6) is 10.3. The van der Waals surface area contributed by atoms with Crippen molar-refractivity contribution in [3.05, 3.63) is 93.3 Å². The van der Waals surface area contributed by atoms with Gasteiger partial charge in [-0.1, -0.05) is 94.1 Å². The molecular weight excluding hydrogens is 765 g/mol. The molecule has 0 aromatic heterocycles. The number of rotatable bonds is 10. The van der Waals surface area contributed by atoms with Crippen molar-refractivity contribution in [2.24, 2.45) is 44.8 Å². The smallest absolute Gasteiger partial charge is 0.252 e. The molecule has 5 heterocycles. The molecule has 5 aliphatic heterocycles. The van der Waals surface area contributed by atoms with Crippen molar-refractivity contribution in [2.45, 2.75) is 128 Å². The third-order valence-electron chi connectivity index (χ3n) is 14.4. The van der Waals surface area contributed by atoms with E-state index in [-0.39, 0.29) is 18.1 Å². The number of carbonyl (C=O) groups is 1. The van der Waals surface area contributed by atoms with Gasteiger partial charge in [-0.3, -0.25) is 19.7 Å². The zero-order chi connectivity index (χ0) is 42.3. The molecule has 2 bridgehead atoms. The van der Waals surface area contributed by atoms with E-state index >= 15 is 0 Å². The van der Waals surface area contributed by atoms with E-state index in [9.17, 15) is 20.1 Å². The van der Waals surface area contributed by atoms with E-state index < -0.39 is 53.9 Å². The maximum atomic E-state index is 14.0. The number of carbonyl (C=O) groups excluding carboxylic acids is 1. The molecule has 10 heteroatoms. The van der Waals surface area contributed by atoms with E-state index in [0.717, 1.165) is 94.5 Å². The van der Waals surface area contributed by atoms with E-state index in [2.05, 4.69) is 48.9 Å². The first-order chi connectivity index (χ1) is 29.6. The van der Waals surface area contributed by atoms with Crippen LogP contribution in [0.15, 0.2) is 75.5 Å². The number of benzene rings is 2. The number of allylic oxidation sites excluding steroid dienone is 2. The summed E-state index contributed by atoms with van der Waals surface area (Å²) >= 11 is 0. The summed E-state index contributed by atoms with van der Waals surface area (Å²) in [4.78, 5) is 24.5. The van der Waals surface area contributed by atoms with Crippen LogP contribution in [0.5, 0.6) is 11.5 Å². The maximum Gasteiger partial charge on any atom is 0.252 e. The largest absolute Gasteiger partial charge is 0.437 e. The Balaban J connectivity index is 1.04. The minimum Gasteiger partial charge on any atom is -0.437 e. The second-order valence-electron chi connectivity index (χ2n) is 18.4. The molecule has 7 aliphatic rings. The minimum absolute atomic E-state index is 0.00756. The van der Waals surface area contributed by atoms with Crippen molar-refractivity contribution < 1.29 is 34.5 Å². The zero-order valence-corrected chi connectivity index (χ0v) is 35.4. The number of aryl methyl sites for hydroxylation is 1. The normalized spacial score (nSPS) is 29.8. The predicted octanol–water partition coefficient (Wildman–Crippen LogP) is 5.55. The summed E-state index contributed by atoms with van der Waals surface area (Å²) in [5.41, 5.74) is 13.9. The molecule has 0 saturated heterocycles. The summed E-state index contributed by atoms with van der Waals surface area (Å²) < 4.78 is 13.4. The lowest BCUT2D eigenvalue weighted by atomic mass is 9.73. The third kappa shape index (κ3) is 8.18. The number of nitrogens with one attached hydrogen (secondary N) is 1. The van der Waals surface area contributed by atoms with Gasteiger partial charge >= 0.3 is 0 Å². The van der Waals surface area contributed by atoms with Crippen LogP contribution in [0, 0.1) is 53.0 Å². The highest BCUT2D eigenvalue weighted by Gasteiger charge is 2.51. The van der Waals surface area contributed by atoms with Crippen molar-refractivity contribution in [3.63, 3.8) is 0 Å². The van der Waals surface area contributed by atoms with E-state index in [1.807, 2.05) is 54.9 Å². The molecule has 1 spiro atoms. The number of ketones is 1. The molecule has 61 heavy (non-hydrogen) atoms. The highest BCUT2D eigenvalue weighted by Crippen LogP contribution is 2.47. The average Bonchev–Trinajstić information content (AvgIpc) is 4.00. The standard InChI is InChI=1S/C51H58N4O6/c1-3-4-5-8-37(48(59)38-12-9-31(2)25-45(38)58)44(57)16-10-32-11-18-46-47(26-32)61-50-41(51(22-24-60-46)20-6-7-21-51)15-17-43(56)35-13-14-36-34(19-23-53-49(36)52)39(35)27-33-28-54-42-30-55(50)29-40(33)42/h9,11-14,18,23,26,28,30-31,37-38,41,43,45,48-50,56,58-59H,3-8,10,16,19-21,25,27,29,52H2,1-2H3/p+1/t31-,37-,38+,41+,43+,45-,48+,49+,50-/m1/s1. The SMILES string of the molecule is CCCCC[C@H](C(=O)CCc1ccc2c(c1)O[C@@H]1[C@H](C#C[C@H](O)c3ccc4c(c3CC3=C5C[NH+]1C=C5N=C3)CC=N[C@@H]4N)C1(C#CO2)CCCC1)[C@H](O)[C@H]1C=C[C@@H](C)C[C@H]1O. The number of nitrogens with zero attached hydrogens (tertiary/aromatic N) is 2. The van der Waals surface area contributed by atoms with E-state index in [1.54, 1.807) is 0 Å². The quantitative estimate of drug-likeness (QED) is 0.120. The number of hydrogen-bond acceptors (Lipinski definition) is 9. The lowest BCUT2D eigenvalue weighted by molar-refractivity contribution is -0.891. The molecule has 2 aliphatic carbocycles. The summed E-state index contributed by atoms with van der Waals surface area (Å²) in [6.45, 7) is 4.84. The van der Waals surface area contributed by atoms with Crippen molar-refractivity contribution in [2.75, 3.05) is 6.54 Å². The molecule has 318 valence electrons. The van der Waals surface area contributed by atoms with Gasteiger partial charge in [-0.05, 0) is 83.5 Å². The van der Waals surface area contributed by atoms with Gasteiger partial charge in [0.1, 0.15) is 48.5 Å². The molecule has 1 unspecified atom stereocenters. The lowest BCUT2D eigenvalue weighted by Gasteiger charge is -2.36. The fourth-order valence-corrected chi connectivity index (χ4v) is 10.9. The number of quaternary nitrogens is 1. The van der Waals surface area contributed by atoms with Crippen molar-refractivity contribution in [3.8, 4) is 35.4 Å². The third-order valence-corrected chi connectivity index (χ3v) is 14.4. The number of nitrogens with two attached hydrogens (primary N) is 1. The van der Waals surface area contributed by atoms with Crippen molar-refractivity contribution in [1.82, 2.24) is 0 Å². The van der Waals surface area contributed by atoms with Crippen LogP contribution in [0.1, 0.15) is 118 Å². The van der Waals surface area contributed by atoms with Crippen molar-refractivity contribution >= 4 is 18.2 Å². The molecule has 1 fully saturated rings. The number of fused-ring (bicyclic) bond motifs is 8. The number of ether oxygens (including phenoxy) is 2. The first-order valence-electron chi connectivity index (χ1n) is 22.6. The lowest BCUT2D eigenvalue weighted by Crippen LogP contribution is -3.12. The Hall–Kier alpha value is -4.81. The Bertz CT molecular complexity index is 2330. The van der Waals surface area contributed by atoms with Crippen LogP contribution >= 0.6 is 0 Å². The van der Waals surface area contributed by atoms with Crippen LogP contribution in [0.4, 0.5) is 0 Å². The Morgan fingerprint density at radius 2 is 1.90 bits per heavy atom. The van der Waals surface area contributed by atoms with Gasteiger partial charge in [-0.2, -0.15) is 0 Å². The summed E-state index contributed by atoms with van der Waals surface area (Å²) in [7, 11) is 0. The van der Waals surface area contributed by atoms with Gasteiger partial charge in [0.15, 0.2) is 11.5 Å². The zero-order valence-electron chi connectivity index (χ0n) is 35.4. The van der Waals surface area contributed by atoms with Crippen LogP contribution in [0.2, 0.25) is 0 Å². The Kier molecular flexibility index (Phi) is 11.9. The summed E-state index contributed by atoms with van der Waals surface area (Å²) in [6, 6.07) is 9.75.